The molecule has 2 heterocycles. The SMILES string of the molecule is O=C(Nc1cc([N+](=O)[O-])ccc1Cl)c1cc(Cn2cc(Cl)cn2)cs1. The summed E-state index contributed by atoms with van der Waals surface area (Å²) in [6.45, 7) is 0.480. The second kappa shape index (κ2) is 7.22. The van der Waals surface area contributed by atoms with Crippen LogP contribution < -0.4 is 5.32 Å². The van der Waals surface area contributed by atoms with Gasteiger partial charge in [-0.15, -0.1) is 11.3 Å². The van der Waals surface area contributed by atoms with Gasteiger partial charge in [0.05, 0.1) is 38.3 Å². The molecule has 3 aromatic rings. The Balaban J connectivity index is 1.74. The Hall–Kier alpha value is -2.42. The van der Waals surface area contributed by atoms with E-state index in [9.17, 15) is 14.9 Å². The predicted molar refractivity (Wildman–Crippen MR) is 96.7 cm³/mol. The monoisotopic (exact) mass is 396 g/mol. The van der Waals surface area contributed by atoms with Gasteiger partial charge in [-0.25, -0.2) is 0 Å². The molecule has 2 aromatic heterocycles. The highest BCUT2D eigenvalue weighted by molar-refractivity contribution is 7.12. The molecule has 0 aliphatic rings. The van der Waals surface area contributed by atoms with Crippen LogP contribution in [0.15, 0.2) is 42.0 Å². The summed E-state index contributed by atoms with van der Waals surface area (Å²) < 4.78 is 1.66. The first-order chi connectivity index (χ1) is 11.9. The molecular weight excluding hydrogens is 387 g/mol. The second-order valence-corrected chi connectivity index (χ2v) is 6.81. The third kappa shape index (κ3) is 4.16. The summed E-state index contributed by atoms with van der Waals surface area (Å²) in [6.07, 6.45) is 3.22. The van der Waals surface area contributed by atoms with Crippen molar-refractivity contribution in [2.75, 3.05) is 5.32 Å². The van der Waals surface area contributed by atoms with Gasteiger partial charge in [0.2, 0.25) is 0 Å². The molecule has 1 N–H and O–H groups in total. The Labute approximate surface area is 155 Å². The van der Waals surface area contributed by atoms with E-state index in [1.807, 2.05) is 5.38 Å². The summed E-state index contributed by atoms with van der Waals surface area (Å²) in [5.41, 5.74) is 0.928. The third-order valence-corrected chi connectivity index (χ3v) is 4.74. The largest absolute Gasteiger partial charge is 0.320 e. The van der Waals surface area contributed by atoms with E-state index in [4.69, 9.17) is 23.2 Å². The molecule has 0 aliphatic carbocycles. The number of carbonyl (C=O) groups excluding carboxylic acids is 1. The standard InChI is InChI=1S/C15H10Cl2N4O3S/c16-10-5-18-20(7-10)6-9-3-14(25-8-9)15(22)19-13-4-11(21(23)24)1-2-12(13)17/h1-5,7-8H,6H2,(H,19,22). The maximum absolute atomic E-state index is 12.3. The number of nitro benzene ring substituents is 1. The van der Waals surface area contributed by atoms with E-state index in [-0.39, 0.29) is 16.4 Å². The topological polar surface area (TPSA) is 90.1 Å². The molecule has 7 nitrogen and oxygen atoms in total. The van der Waals surface area contributed by atoms with Crippen molar-refractivity contribution in [2.45, 2.75) is 6.54 Å². The van der Waals surface area contributed by atoms with Crippen molar-refractivity contribution in [2.24, 2.45) is 0 Å². The van der Waals surface area contributed by atoms with E-state index in [1.54, 1.807) is 16.9 Å². The molecular formula is C15H10Cl2N4O3S. The molecule has 0 saturated carbocycles. The number of nitro groups is 1. The van der Waals surface area contributed by atoms with Gasteiger partial charge in [0, 0.05) is 18.3 Å². The molecule has 1 aromatic carbocycles. The second-order valence-electron chi connectivity index (χ2n) is 5.05. The molecule has 0 atom stereocenters. The zero-order valence-corrected chi connectivity index (χ0v) is 14.8. The molecule has 0 spiro atoms. The van der Waals surface area contributed by atoms with E-state index in [0.29, 0.717) is 16.4 Å². The average molecular weight is 397 g/mol. The van der Waals surface area contributed by atoms with E-state index in [1.165, 1.54) is 35.7 Å². The first kappa shape index (κ1) is 17.4. The number of thiophene rings is 1. The van der Waals surface area contributed by atoms with Crippen LogP contribution in [-0.2, 0) is 6.54 Å². The summed E-state index contributed by atoms with van der Waals surface area (Å²) >= 11 is 13.1. The van der Waals surface area contributed by atoms with Crippen molar-refractivity contribution in [3.05, 3.63) is 72.6 Å². The molecule has 25 heavy (non-hydrogen) atoms. The van der Waals surface area contributed by atoms with E-state index in [2.05, 4.69) is 10.4 Å². The zero-order valence-electron chi connectivity index (χ0n) is 12.5. The van der Waals surface area contributed by atoms with E-state index < -0.39 is 10.8 Å². The lowest BCUT2D eigenvalue weighted by Crippen LogP contribution is -2.11. The van der Waals surface area contributed by atoms with E-state index in [0.717, 1.165) is 5.56 Å². The van der Waals surface area contributed by atoms with Gasteiger partial charge in [-0.05, 0) is 23.1 Å². The van der Waals surface area contributed by atoms with Crippen molar-refractivity contribution in [1.29, 1.82) is 0 Å². The van der Waals surface area contributed by atoms with Crippen molar-refractivity contribution in [3.63, 3.8) is 0 Å². The molecule has 3 rings (SSSR count). The van der Waals surface area contributed by atoms with Crippen LogP contribution >= 0.6 is 34.5 Å². The van der Waals surface area contributed by atoms with Crippen molar-refractivity contribution >= 4 is 51.8 Å². The number of hydrogen-bond acceptors (Lipinski definition) is 5. The highest BCUT2D eigenvalue weighted by atomic mass is 35.5. The number of nitrogens with zero attached hydrogens (tertiary/aromatic N) is 3. The summed E-state index contributed by atoms with van der Waals surface area (Å²) in [7, 11) is 0. The minimum absolute atomic E-state index is 0.151. The number of hydrogen-bond donors (Lipinski definition) is 1. The number of amides is 1. The zero-order chi connectivity index (χ0) is 18.0. The summed E-state index contributed by atoms with van der Waals surface area (Å²) in [4.78, 5) is 23.1. The van der Waals surface area contributed by atoms with Crippen LogP contribution in [0.25, 0.3) is 0 Å². The molecule has 10 heteroatoms. The molecule has 0 saturated heterocycles. The number of anilines is 1. The minimum atomic E-state index is -0.551. The van der Waals surface area contributed by atoms with Crippen molar-refractivity contribution in [3.8, 4) is 0 Å². The fraction of sp³-hybridized carbons (Fsp3) is 0.0667. The summed E-state index contributed by atoms with van der Waals surface area (Å²) in [5, 5.41) is 20.1. The number of nitrogens with one attached hydrogen (secondary N) is 1. The van der Waals surface area contributed by atoms with Crippen molar-refractivity contribution in [1.82, 2.24) is 9.78 Å². The number of carbonyl (C=O) groups is 1. The molecule has 0 aliphatic heterocycles. The lowest BCUT2D eigenvalue weighted by atomic mass is 10.2. The lowest BCUT2D eigenvalue weighted by Gasteiger charge is -2.05. The van der Waals surface area contributed by atoms with Crippen LogP contribution in [0.5, 0.6) is 0 Å². The normalized spacial score (nSPS) is 10.6. The van der Waals surface area contributed by atoms with Crippen LogP contribution in [-0.4, -0.2) is 20.6 Å². The van der Waals surface area contributed by atoms with Crippen molar-refractivity contribution < 1.29 is 9.72 Å². The maximum Gasteiger partial charge on any atom is 0.271 e. The quantitative estimate of drug-likeness (QED) is 0.508. The Bertz CT molecular complexity index is 954. The summed E-state index contributed by atoms with van der Waals surface area (Å²) in [5.74, 6) is -0.392. The number of benzene rings is 1. The first-order valence-electron chi connectivity index (χ1n) is 6.93. The van der Waals surface area contributed by atoms with Gasteiger partial charge < -0.3 is 5.32 Å². The molecule has 0 unspecified atom stereocenters. The first-order valence-corrected chi connectivity index (χ1v) is 8.56. The number of halogens is 2. The Kier molecular flexibility index (Phi) is 5.03. The average Bonchev–Trinajstić information content (AvgIpc) is 3.19. The van der Waals surface area contributed by atoms with E-state index >= 15 is 0 Å². The van der Waals surface area contributed by atoms with Gasteiger partial charge in [-0.1, -0.05) is 23.2 Å². The van der Waals surface area contributed by atoms with Crippen LogP contribution in [0.2, 0.25) is 10.0 Å². The van der Waals surface area contributed by atoms with Crippen LogP contribution in [0.1, 0.15) is 15.2 Å². The maximum atomic E-state index is 12.3. The highest BCUT2D eigenvalue weighted by Crippen LogP contribution is 2.28. The third-order valence-electron chi connectivity index (χ3n) is 3.23. The molecule has 0 radical (unpaired) electrons. The predicted octanol–water partition coefficient (Wildman–Crippen LogP) is 4.46. The van der Waals surface area contributed by atoms with Gasteiger partial charge in [-0.3, -0.25) is 19.6 Å². The van der Waals surface area contributed by atoms with Gasteiger partial charge in [-0.2, -0.15) is 5.10 Å². The Morgan fingerprint density at radius 2 is 2.16 bits per heavy atom. The minimum Gasteiger partial charge on any atom is -0.320 e. The molecule has 1 amide bonds. The number of rotatable bonds is 5. The smallest absolute Gasteiger partial charge is 0.271 e. The van der Waals surface area contributed by atoms with Gasteiger partial charge in [0.15, 0.2) is 0 Å². The lowest BCUT2D eigenvalue weighted by molar-refractivity contribution is -0.384. The molecule has 128 valence electrons. The number of aromatic nitrogens is 2. The van der Waals surface area contributed by atoms with Gasteiger partial charge >= 0.3 is 0 Å². The van der Waals surface area contributed by atoms with Crippen LogP contribution in [0.4, 0.5) is 11.4 Å². The van der Waals surface area contributed by atoms with Crippen LogP contribution in [0, 0.1) is 10.1 Å². The fourth-order valence-corrected chi connectivity index (χ4v) is 3.22. The fourth-order valence-electron chi connectivity index (χ4n) is 2.10. The van der Waals surface area contributed by atoms with Gasteiger partial charge in [0.25, 0.3) is 11.6 Å². The van der Waals surface area contributed by atoms with Crippen LogP contribution in [0.3, 0.4) is 0 Å². The van der Waals surface area contributed by atoms with Gasteiger partial charge in [0.1, 0.15) is 0 Å². The molecule has 0 fully saturated rings. The Morgan fingerprint density at radius 1 is 1.36 bits per heavy atom. The Morgan fingerprint density at radius 3 is 2.84 bits per heavy atom. The summed E-state index contributed by atoms with van der Waals surface area (Å²) in [6, 6.07) is 5.59. The number of non-ortho nitro benzene ring substituents is 1. The molecule has 0 bridgehead atoms. The highest BCUT2D eigenvalue weighted by Gasteiger charge is 2.15.